The molecule has 0 bridgehead atoms. The van der Waals surface area contributed by atoms with Gasteiger partial charge in [-0.3, -0.25) is 0 Å². The summed E-state index contributed by atoms with van der Waals surface area (Å²) in [5.41, 5.74) is 7.30. The number of halogens is 1. The van der Waals surface area contributed by atoms with Crippen molar-refractivity contribution < 1.29 is 0 Å². The van der Waals surface area contributed by atoms with Crippen LogP contribution in [0.2, 0.25) is 0 Å². The zero-order valence-electron chi connectivity index (χ0n) is 6.92. The van der Waals surface area contributed by atoms with Crippen LogP contribution in [-0.4, -0.2) is 6.54 Å². The summed E-state index contributed by atoms with van der Waals surface area (Å²) in [6, 6.07) is 5.65. The van der Waals surface area contributed by atoms with Crippen LogP contribution in [-0.2, 0) is 0 Å². The van der Waals surface area contributed by atoms with Crippen molar-refractivity contribution in [2.45, 2.75) is 6.92 Å². The van der Waals surface area contributed by atoms with Crippen molar-refractivity contribution in [2.75, 3.05) is 17.3 Å². The number of anilines is 2. The van der Waals surface area contributed by atoms with E-state index in [1.807, 2.05) is 25.1 Å². The molecule has 4 N–H and O–H groups in total. The molecule has 0 amide bonds. The number of nitrogen functional groups attached to an aromatic ring is 1. The molecule has 4 heteroatoms. The Labute approximate surface area is 80.4 Å². The van der Waals surface area contributed by atoms with Crippen molar-refractivity contribution in [2.24, 2.45) is 5.84 Å². The van der Waals surface area contributed by atoms with Crippen LogP contribution >= 0.6 is 15.9 Å². The van der Waals surface area contributed by atoms with Gasteiger partial charge in [-0.05, 0) is 25.1 Å². The lowest BCUT2D eigenvalue weighted by atomic mass is 10.2. The molecule has 0 saturated heterocycles. The van der Waals surface area contributed by atoms with E-state index < -0.39 is 0 Å². The summed E-state index contributed by atoms with van der Waals surface area (Å²) in [4.78, 5) is 0. The summed E-state index contributed by atoms with van der Waals surface area (Å²) < 4.78 is 0.966. The normalized spacial score (nSPS) is 9.92. The molecular weight excluding hydrogens is 218 g/mol. The summed E-state index contributed by atoms with van der Waals surface area (Å²) in [6.45, 7) is 2.72. The number of benzene rings is 1. The minimum Gasteiger partial charge on any atom is -0.397 e. The van der Waals surface area contributed by atoms with E-state index in [2.05, 4.69) is 15.9 Å². The quantitative estimate of drug-likeness (QED) is 0.462. The first-order valence-corrected chi connectivity index (χ1v) is 4.51. The maximum atomic E-state index is 5.75. The van der Waals surface area contributed by atoms with Crippen LogP contribution in [0.3, 0.4) is 0 Å². The van der Waals surface area contributed by atoms with Crippen LogP contribution in [0, 0.1) is 0 Å². The van der Waals surface area contributed by atoms with Crippen molar-refractivity contribution in [3.63, 3.8) is 0 Å². The molecule has 0 fully saturated rings. The van der Waals surface area contributed by atoms with Gasteiger partial charge in [-0.15, -0.1) is 0 Å². The van der Waals surface area contributed by atoms with Gasteiger partial charge < -0.3 is 10.7 Å². The molecule has 0 atom stereocenters. The average molecular weight is 230 g/mol. The predicted octanol–water partition coefficient (Wildman–Crippen LogP) is 1.73. The first-order valence-electron chi connectivity index (χ1n) is 3.72. The van der Waals surface area contributed by atoms with Crippen molar-refractivity contribution in [3.05, 3.63) is 22.7 Å². The van der Waals surface area contributed by atoms with Crippen molar-refractivity contribution in [1.29, 1.82) is 0 Å². The average Bonchev–Trinajstić information content (AvgIpc) is 2.03. The third-order valence-electron chi connectivity index (χ3n) is 1.64. The van der Waals surface area contributed by atoms with Gasteiger partial charge >= 0.3 is 0 Å². The highest BCUT2D eigenvalue weighted by Crippen LogP contribution is 2.24. The Balaban J connectivity index is 3.01. The Morgan fingerprint density at radius 2 is 2.17 bits per heavy atom. The molecule has 3 nitrogen and oxygen atoms in total. The largest absolute Gasteiger partial charge is 0.397 e. The molecular formula is C8H12BrN3. The van der Waals surface area contributed by atoms with Gasteiger partial charge in [0.05, 0.1) is 11.4 Å². The van der Waals surface area contributed by atoms with Gasteiger partial charge in [0, 0.05) is 11.0 Å². The van der Waals surface area contributed by atoms with Crippen LogP contribution in [0.15, 0.2) is 22.7 Å². The monoisotopic (exact) mass is 229 g/mol. The Kier molecular flexibility index (Phi) is 2.94. The maximum Gasteiger partial charge on any atom is 0.0747 e. The molecule has 66 valence electrons. The van der Waals surface area contributed by atoms with Crippen LogP contribution in [0.25, 0.3) is 0 Å². The molecule has 0 aliphatic carbocycles. The summed E-state index contributed by atoms with van der Waals surface area (Å²) in [5.74, 6) is 5.68. The van der Waals surface area contributed by atoms with E-state index in [-0.39, 0.29) is 0 Å². The van der Waals surface area contributed by atoms with E-state index in [4.69, 9.17) is 11.6 Å². The number of hydrogen-bond donors (Lipinski definition) is 2. The molecule has 1 aromatic rings. The van der Waals surface area contributed by atoms with E-state index in [9.17, 15) is 0 Å². The van der Waals surface area contributed by atoms with E-state index in [1.165, 1.54) is 0 Å². The van der Waals surface area contributed by atoms with Gasteiger partial charge in [-0.2, -0.15) is 0 Å². The van der Waals surface area contributed by atoms with Crippen molar-refractivity contribution in [3.8, 4) is 0 Å². The lowest BCUT2D eigenvalue weighted by Crippen LogP contribution is -2.30. The van der Waals surface area contributed by atoms with Crippen LogP contribution in [0.5, 0.6) is 0 Å². The summed E-state index contributed by atoms with van der Waals surface area (Å²) in [5, 5.41) is 1.61. The number of nitrogens with two attached hydrogens (primary N) is 2. The first kappa shape index (κ1) is 9.35. The highest BCUT2D eigenvalue weighted by Gasteiger charge is 2.03. The molecule has 1 rings (SSSR count). The Morgan fingerprint density at radius 1 is 1.50 bits per heavy atom. The SMILES string of the molecule is CCN(N)c1ccc(Br)cc1N. The van der Waals surface area contributed by atoms with E-state index in [0.29, 0.717) is 5.69 Å². The first-order chi connectivity index (χ1) is 5.65. The van der Waals surface area contributed by atoms with E-state index >= 15 is 0 Å². The fraction of sp³-hybridized carbons (Fsp3) is 0.250. The second-order valence-corrected chi connectivity index (χ2v) is 3.40. The third-order valence-corrected chi connectivity index (χ3v) is 2.13. The highest BCUT2D eigenvalue weighted by molar-refractivity contribution is 9.10. The zero-order chi connectivity index (χ0) is 9.14. The van der Waals surface area contributed by atoms with Gasteiger partial charge in [-0.25, -0.2) is 5.84 Å². The second-order valence-electron chi connectivity index (χ2n) is 2.49. The second kappa shape index (κ2) is 3.78. The van der Waals surface area contributed by atoms with Crippen molar-refractivity contribution >= 4 is 27.3 Å². The molecule has 0 aliphatic rings. The Bertz CT molecular complexity index is 275. The summed E-state index contributed by atoms with van der Waals surface area (Å²) in [7, 11) is 0. The topological polar surface area (TPSA) is 55.3 Å². The van der Waals surface area contributed by atoms with Gasteiger partial charge in [0.2, 0.25) is 0 Å². The zero-order valence-corrected chi connectivity index (χ0v) is 8.51. The summed E-state index contributed by atoms with van der Waals surface area (Å²) in [6.07, 6.45) is 0. The molecule has 0 unspecified atom stereocenters. The molecule has 1 aromatic carbocycles. The van der Waals surface area contributed by atoms with Gasteiger partial charge in [0.15, 0.2) is 0 Å². The molecule has 0 spiro atoms. The van der Waals surface area contributed by atoms with Gasteiger partial charge in [-0.1, -0.05) is 15.9 Å². The Morgan fingerprint density at radius 3 is 2.67 bits per heavy atom. The van der Waals surface area contributed by atoms with Crippen LogP contribution < -0.4 is 16.6 Å². The molecule has 0 saturated carbocycles. The maximum absolute atomic E-state index is 5.75. The molecule has 0 aromatic heterocycles. The van der Waals surface area contributed by atoms with Crippen LogP contribution in [0.1, 0.15) is 6.92 Å². The number of hydrogen-bond acceptors (Lipinski definition) is 3. The highest BCUT2D eigenvalue weighted by atomic mass is 79.9. The third kappa shape index (κ3) is 1.89. The van der Waals surface area contributed by atoms with E-state index in [0.717, 1.165) is 16.7 Å². The minimum atomic E-state index is 0.689. The van der Waals surface area contributed by atoms with E-state index in [1.54, 1.807) is 5.01 Å². The molecule has 0 heterocycles. The summed E-state index contributed by atoms with van der Waals surface area (Å²) >= 11 is 3.33. The Hall–Kier alpha value is -0.740. The smallest absolute Gasteiger partial charge is 0.0747 e. The standard InChI is InChI=1S/C8H12BrN3/c1-2-12(11)8-4-3-6(9)5-7(8)10/h3-5H,2,10-11H2,1H3. The van der Waals surface area contributed by atoms with Crippen molar-refractivity contribution in [1.82, 2.24) is 0 Å². The molecule has 0 aliphatic heterocycles. The number of nitrogens with zero attached hydrogens (tertiary/aromatic N) is 1. The lowest BCUT2D eigenvalue weighted by molar-refractivity contribution is 0.893. The fourth-order valence-electron chi connectivity index (χ4n) is 0.957. The van der Waals surface area contributed by atoms with Crippen LogP contribution in [0.4, 0.5) is 11.4 Å². The molecule has 12 heavy (non-hydrogen) atoms. The van der Waals surface area contributed by atoms with Gasteiger partial charge in [0.1, 0.15) is 0 Å². The fourth-order valence-corrected chi connectivity index (χ4v) is 1.34. The molecule has 0 radical (unpaired) electrons. The number of rotatable bonds is 2. The minimum absolute atomic E-state index is 0.689. The number of hydrazine groups is 1. The predicted molar refractivity (Wildman–Crippen MR) is 55.8 cm³/mol. The lowest BCUT2D eigenvalue weighted by Gasteiger charge is -2.18. The van der Waals surface area contributed by atoms with Gasteiger partial charge in [0.25, 0.3) is 0 Å².